The second-order valence-electron chi connectivity index (χ2n) is 8.45. The molecule has 1 atom stereocenters. The second-order valence-corrected chi connectivity index (χ2v) is 8.45. The Kier molecular flexibility index (Phi) is 5.13. The zero-order valence-corrected chi connectivity index (χ0v) is 18.5. The van der Waals surface area contributed by atoms with Gasteiger partial charge in [-0.1, -0.05) is 17.1 Å². The summed E-state index contributed by atoms with van der Waals surface area (Å²) in [5.74, 6) is -0.600. The molecule has 3 heterocycles. The molecule has 0 radical (unpaired) electrons. The third kappa shape index (κ3) is 3.64. The van der Waals surface area contributed by atoms with Crippen molar-refractivity contribution < 1.29 is 13.9 Å². The van der Waals surface area contributed by atoms with E-state index >= 15 is 0 Å². The molecule has 4 aromatic rings. The average Bonchev–Trinajstić information content (AvgIpc) is 3.30. The molecular formula is C24H22BFN4O3. The number of amides is 1. The summed E-state index contributed by atoms with van der Waals surface area (Å²) in [6.45, 7) is 2.56. The van der Waals surface area contributed by atoms with Crippen molar-refractivity contribution in [3.8, 4) is 11.3 Å². The zero-order valence-electron chi connectivity index (χ0n) is 18.5. The van der Waals surface area contributed by atoms with Crippen LogP contribution in [-0.2, 0) is 11.3 Å². The molecule has 1 aliphatic rings. The van der Waals surface area contributed by atoms with Crippen molar-refractivity contribution in [3.05, 3.63) is 81.2 Å². The van der Waals surface area contributed by atoms with E-state index in [1.165, 1.54) is 12.1 Å². The van der Waals surface area contributed by atoms with Crippen molar-refractivity contribution in [2.75, 3.05) is 13.7 Å². The SMILES string of the molecule is Bc1cc2c3c([nH]c(=O)c2cc1C)COCC3N(C)C(=O)c1cc(-c2ccc(F)cc2)n[nH]1. The van der Waals surface area contributed by atoms with Gasteiger partial charge in [0.25, 0.3) is 11.5 Å². The maximum Gasteiger partial charge on any atom is 0.272 e. The Bertz CT molecular complexity index is 1440. The number of hydrogen-bond donors (Lipinski definition) is 2. The van der Waals surface area contributed by atoms with Crippen molar-refractivity contribution in [1.29, 1.82) is 0 Å². The number of nitrogens with zero attached hydrogens (tertiary/aromatic N) is 2. The van der Waals surface area contributed by atoms with Gasteiger partial charge in [0.05, 0.1) is 24.9 Å². The number of fused-ring (bicyclic) bond motifs is 3. The highest BCUT2D eigenvalue weighted by Gasteiger charge is 2.31. The first-order valence-corrected chi connectivity index (χ1v) is 10.7. The van der Waals surface area contributed by atoms with Gasteiger partial charge in [0.2, 0.25) is 0 Å². The predicted molar refractivity (Wildman–Crippen MR) is 126 cm³/mol. The van der Waals surface area contributed by atoms with Crippen LogP contribution in [-0.4, -0.2) is 47.5 Å². The van der Waals surface area contributed by atoms with E-state index in [4.69, 9.17) is 4.74 Å². The van der Waals surface area contributed by atoms with Crippen LogP contribution in [0.4, 0.5) is 4.39 Å². The molecule has 1 amide bonds. The standard InChI is InChI=1S/C24H22BFN4O3/c1-12-7-16-15(8-17(12)25)22-20(27-23(16)31)10-33-11-21(22)30(2)24(32)19-9-18(28-29-19)13-3-5-14(26)6-4-13/h3-9,21H,10-11,25H2,1-2H3,(H,27,31)(H,28,29). The lowest BCUT2D eigenvalue weighted by Crippen LogP contribution is -2.38. The zero-order chi connectivity index (χ0) is 23.3. The molecule has 0 bridgehead atoms. The van der Waals surface area contributed by atoms with E-state index in [2.05, 4.69) is 15.2 Å². The van der Waals surface area contributed by atoms with E-state index in [1.54, 1.807) is 30.1 Å². The van der Waals surface area contributed by atoms with Crippen LogP contribution in [0, 0.1) is 12.7 Å². The third-order valence-corrected chi connectivity index (χ3v) is 6.35. The number of halogens is 1. The number of ether oxygens (including phenoxy) is 1. The van der Waals surface area contributed by atoms with Gasteiger partial charge in [0.1, 0.15) is 19.4 Å². The number of nitrogens with one attached hydrogen (secondary N) is 2. The summed E-state index contributed by atoms with van der Waals surface area (Å²) >= 11 is 0. The Labute approximate surface area is 190 Å². The Morgan fingerprint density at radius 3 is 2.73 bits per heavy atom. The minimum Gasteiger partial charge on any atom is -0.373 e. The van der Waals surface area contributed by atoms with Crippen molar-refractivity contribution in [2.45, 2.75) is 19.6 Å². The highest BCUT2D eigenvalue weighted by molar-refractivity contribution is 6.34. The van der Waals surface area contributed by atoms with E-state index in [0.29, 0.717) is 34.6 Å². The summed E-state index contributed by atoms with van der Waals surface area (Å²) < 4.78 is 19.0. The number of aromatic amines is 2. The maximum absolute atomic E-state index is 13.3. The van der Waals surface area contributed by atoms with Gasteiger partial charge in [-0.2, -0.15) is 5.10 Å². The van der Waals surface area contributed by atoms with E-state index < -0.39 is 0 Å². The van der Waals surface area contributed by atoms with Gasteiger partial charge >= 0.3 is 0 Å². The first-order valence-electron chi connectivity index (χ1n) is 10.7. The van der Waals surface area contributed by atoms with Crippen LogP contribution in [0.15, 0.2) is 47.3 Å². The summed E-state index contributed by atoms with van der Waals surface area (Å²) in [6.07, 6.45) is 0. The van der Waals surface area contributed by atoms with Crippen LogP contribution < -0.4 is 11.0 Å². The summed E-state index contributed by atoms with van der Waals surface area (Å²) in [6, 6.07) is 11.1. The molecule has 9 heteroatoms. The Morgan fingerprint density at radius 1 is 1.21 bits per heavy atom. The highest BCUT2D eigenvalue weighted by atomic mass is 19.1. The van der Waals surface area contributed by atoms with Gasteiger partial charge in [0, 0.05) is 29.3 Å². The molecule has 5 rings (SSSR count). The predicted octanol–water partition coefficient (Wildman–Crippen LogP) is 1.97. The molecule has 1 unspecified atom stereocenters. The number of benzene rings is 2. The lowest BCUT2D eigenvalue weighted by molar-refractivity contribution is 0.0332. The number of hydrogen-bond acceptors (Lipinski definition) is 4. The Hall–Kier alpha value is -3.72. The monoisotopic (exact) mass is 444 g/mol. The summed E-state index contributed by atoms with van der Waals surface area (Å²) in [4.78, 5) is 30.6. The number of carbonyl (C=O) groups excluding carboxylic acids is 1. The van der Waals surface area contributed by atoms with Gasteiger partial charge in [-0.25, -0.2) is 4.39 Å². The summed E-state index contributed by atoms with van der Waals surface area (Å²) in [5.41, 5.74) is 5.09. The highest BCUT2D eigenvalue weighted by Crippen LogP contribution is 2.33. The average molecular weight is 444 g/mol. The molecule has 0 saturated heterocycles. The molecule has 0 spiro atoms. The molecule has 2 aromatic heterocycles. The number of H-pyrrole nitrogens is 2. The van der Waals surface area contributed by atoms with Gasteiger partial charge in [0.15, 0.2) is 0 Å². The topological polar surface area (TPSA) is 91.1 Å². The number of rotatable bonds is 3. The van der Waals surface area contributed by atoms with Crippen LogP contribution >= 0.6 is 0 Å². The van der Waals surface area contributed by atoms with Crippen LogP contribution in [0.25, 0.3) is 22.0 Å². The van der Waals surface area contributed by atoms with Crippen molar-refractivity contribution >= 4 is 30.0 Å². The van der Waals surface area contributed by atoms with Crippen molar-refractivity contribution in [1.82, 2.24) is 20.1 Å². The normalized spacial score (nSPS) is 15.4. The molecule has 33 heavy (non-hydrogen) atoms. The Morgan fingerprint density at radius 2 is 1.97 bits per heavy atom. The number of aromatic nitrogens is 3. The maximum atomic E-state index is 13.3. The van der Waals surface area contributed by atoms with Crippen LogP contribution in [0.3, 0.4) is 0 Å². The van der Waals surface area contributed by atoms with Gasteiger partial charge in [-0.15, -0.1) is 0 Å². The largest absolute Gasteiger partial charge is 0.373 e. The lowest BCUT2D eigenvalue weighted by atomic mass is 9.86. The number of likely N-dealkylation sites (N-methyl/N-ethyl adjacent to an activating group) is 1. The first kappa shape index (κ1) is 21.1. The molecular weight excluding hydrogens is 422 g/mol. The van der Waals surface area contributed by atoms with E-state index in [9.17, 15) is 14.0 Å². The fourth-order valence-corrected chi connectivity index (χ4v) is 4.35. The fraction of sp³-hybridized carbons (Fsp3) is 0.208. The quantitative estimate of drug-likeness (QED) is 0.473. The molecule has 166 valence electrons. The molecule has 2 N–H and O–H groups in total. The van der Waals surface area contributed by atoms with Crippen LogP contribution in [0.5, 0.6) is 0 Å². The van der Waals surface area contributed by atoms with E-state index in [-0.39, 0.29) is 29.9 Å². The van der Waals surface area contributed by atoms with Gasteiger partial charge in [-0.3, -0.25) is 14.7 Å². The number of pyridine rings is 1. The lowest BCUT2D eigenvalue weighted by Gasteiger charge is -2.33. The third-order valence-electron chi connectivity index (χ3n) is 6.35. The van der Waals surface area contributed by atoms with Crippen LogP contribution in [0.2, 0.25) is 0 Å². The van der Waals surface area contributed by atoms with Gasteiger partial charge in [-0.05, 0) is 48.7 Å². The minimum atomic E-state index is -0.389. The number of carbonyl (C=O) groups is 1. The smallest absolute Gasteiger partial charge is 0.272 e. The molecule has 7 nitrogen and oxygen atoms in total. The van der Waals surface area contributed by atoms with Crippen molar-refractivity contribution in [3.63, 3.8) is 0 Å². The van der Waals surface area contributed by atoms with Crippen LogP contribution in [0.1, 0.15) is 33.4 Å². The summed E-state index contributed by atoms with van der Waals surface area (Å²) in [7, 11) is 3.72. The summed E-state index contributed by atoms with van der Waals surface area (Å²) in [5, 5.41) is 8.45. The Balaban J connectivity index is 1.53. The van der Waals surface area contributed by atoms with Crippen molar-refractivity contribution in [2.24, 2.45) is 0 Å². The first-order chi connectivity index (χ1) is 15.8. The van der Waals surface area contributed by atoms with Gasteiger partial charge < -0.3 is 14.6 Å². The fourth-order valence-electron chi connectivity index (χ4n) is 4.35. The molecule has 0 saturated carbocycles. The second kappa shape index (κ2) is 8.01. The minimum absolute atomic E-state index is 0.164. The van der Waals surface area contributed by atoms with E-state index in [0.717, 1.165) is 22.0 Å². The molecule has 1 aliphatic heterocycles. The molecule has 0 fully saturated rings. The molecule has 2 aromatic carbocycles. The molecule has 0 aliphatic carbocycles. The number of aryl methyl sites for hydroxylation is 1. The van der Waals surface area contributed by atoms with E-state index in [1.807, 2.05) is 26.9 Å².